The number of piperidine rings is 1. The second-order valence-electron chi connectivity index (χ2n) is 7.24. The molecule has 4 heteroatoms. The highest BCUT2D eigenvalue weighted by Gasteiger charge is 2.31. The Morgan fingerprint density at radius 2 is 2.04 bits per heavy atom. The third-order valence-corrected chi connectivity index (χ3v) is 5.02. The molecule has 1 aromatic carbocycles. The molecule has 2 saturated heterocycles. The summed E-state index contributed by atoms with van der Waals surface area (Å²) in [6.07, 6.45) is 4.41. The van der Waals surface area contributed by atoms with Gasteiger partial charge in [-0.3, -0.25) is 9.69 Å². The minimum Gasteiger partial charge on any atom is -0.491 e. The van der Waals surface area contributed by atoms with Crippen LogP contribution in [-0.4, -0.2) is 49.1 Å². The lowest BCUT2D eigenvalue weighted by Gasteiger charge is -2.39. The van der Waals surface area contributed by atoms with Crippen LogP contribution in [0.25, 0.3) is 0 Å². The molecular formula is C20H29NO3. The van der Waals surface area contributed by atoms with Crippen molar-refractivity contribution in [1.82, 2.24) is 4.90 Å². The molecule has 0 aromatic heterocycles. The molecule has 2 aliphatic heterocycles. The van der Waals surface area contributed by atoms with E-state index in [2.05, 4.69) is 4.90 Å². The van der Waals surface area contributed by atoms with Crippen LogP contribution in [0.1, 0.15) is 49.9 Å². The zero-order valence-corrected chi connectivity index (χ0v) is 14.9. The standard InChI is InChI=1S/C20H29NO3/c1-15(2)24-19-7-3-5-16(13-19)20(22)17-6-4-10-21(14-17)18-8-11-23-12-9-18/h3,5,7,13,15,17-18H,4,6,8-12,14H2,1-2H3/t17-/m1/s1. The van der Waals surface area contributed by atoms with Crippen LogP contribution in [0.2, 0.25) is 0 Å². The summed E-state index contributed by atoms with van der Waals surface area (Å²) in [4.78, 5) is 15.5. The van der Waals surface area contributed by atoms with E-state index in [9.17, 15) is 4.79 Å². The van der Waals surface area contributed by atoms with Crippen molar-refractivity contribution in [3.05, 3.63) is 29.8 Å². The highest BCUT2D eigenvalue weighted by molar-refractivity contribution is 5.98. The van der Waals surface area contributed by atoms with E-state index in [4.69, 9.17) is 9.47 Å². The van der Waals surface area contributed by atoms with Crippen LogP contribution >= 0.6 is 0 Å². The van der Waals surface area contributed by atoms with Crippen LogP contribution in [0, 0.1) is 5.92 Å². The second-order valence-corrected chi connectivity index (χ2v) is 7.24. The number of Topliss-reactive ketones (excluding diaryl/α,β-unsaturated/α-hetero) is 1. The van der Waals surface area contributed by atoms with Crippen LogP contribution in [0.3, 0.4) is 0 Å². The molecule has 0 aliphatic carbocycles. The molecule has 2 aliphatic rings. The maximum absolute atomic E-state index is 13.0. The number of ether oxygens (including phenoxy) is 2. The van der Waals surface area contributed by atoms with Gasteiger partial charge in [-0.2, -0.15) is 0 Å². The fourth-order valence-electron chi connectivity index (χ4n) is 3.83. The number of carbonyl (C=O) groups is 1. The van der Waals surface area contributed by atoms with Gasteiger partial charge >= 0.3 is 0 Å². The Bertz CT molecular complexity index is 552. The predicted octanol–water partition coefficient (Wildman–Crippen LogP) is 3.55. The van der Waals surface area contributed by atoms with Crippen molar-refractivity contribution in [2.45, 2.75) is 51.7 Å². The summed E-state index contributed by atoms with van der Waals surface area (Å²) in [5, 5.41) is 0. The van der Waals surface area contributed by atoms with Crippen molar-refractivity contribution >= 4 is 5.78 Å². The number of hydrogen-bond donors (Lipinski definition) is 0. The van der Waals surface area contributed by atoms with Gasteiger partial charge in [-0.25, -0.2) is 0 Å². The minimum absolute atomic E-state index is 0.107. The highest BCUT2D eigenvalue weighted by atomic mass is 16.5. The Morgan fingerprint density at radius 3 is 2.79 bits per heavy atom. The van der Waals surface area contributed by atoms with Gasteiger partial charge in [-0.15, -0.1) is 0 Å². The third kappa shape index (κ3) is 4.37. The molecule has 24 heavy (non-hydrogen) atoms. The number of likely N-dealkylation sites (tertiary alicyclic amines) is 1. The first-order valence-electron chi connectivity index (χ1n) is 9.26. The van der Waals surface area contributed by atoms with Gasteiger partial charge in [0, 0.05) is 37.3 Å². The Labute approximate surface area is 145 Å². The maximum Gasteiger partial charge on any atom is 0.167 e. The van der Waals surface area contributed by atoms with Crippen molar-refractivity contribution in [1.29, 1.82) is 0 Å². The van der Waals surface area contributed by atoms with Crippen molar-refractivity contribution in [2.75, 3.05) is 26.3 Å². The lowest BCUT2D eigenvalue weighted by Crippen LogP contribution is -2.46. The molecule has 4 nitrogen and oxygen atoms in total. The second kappa shape index (κ2) is 8.13. The SMILES string of the molecule is CC(C)Oc1cccc(C(=O)[C@@H]2CCCN(C3CCOCC3)C2)c1. The number of nitrogens with zero attached hydrogens (tertiary/aromatic N) is 1. The van der Waals surface area contributed by atoms with Crippen molar-refractivity contribution in [3.63, 3.8) is 0 Å². The van der Waals surface area contributed by atoms with Crippen molar-refractivity contribution in [3.8, 4) is 5.75 Å². The minimum atomic E-state index is 0.107. The fraction of sp³-hybridized carbons (Fsp3) is 0.650. The first-order chi connectivity index (χ1) is 11.6. The van der Waals surface area contributed by atoms with Crippen molar-refractivity contribution < 1.29 is 14.3 Å². The average molecular weight is 331 g/mol. The molecule has 0 saturated carbocycles. The van der Waals surface area contributed by atoms with E-state index in [1.165, 1.54) is 0 Å². The first-order valence-corrected chi connectivity index (χ1v) is 9.26. The van der Waals surface area contributed by atoms with Gasteiger partial charge in [0.2, 0.25) is 0 Å². The van der Waals surface area contributed by atoms with Crippen LogP contribution in [0.15, 0.2) is 24.3 Å². The van der Waals surface area contributed by atoms with E-state index in [1.54, 1.807) is 0 Å². The van der Waals surface area contributed by atoms with Crippen LogP contribution < -0.4 is 4.74 Å². The summed E-state index contributed by atoms with van der Waals surface area (Å²) in [5.74, 6) is 1.16. The molecule has 0 amide bonds. The Balaban J connectivity index is 1.65. The lowest BCUT2D eigenvalue weighted by atomic mass is 9.88. The van der Waals surface area contributed by atoms with E-state index in [-0.39, 0.29) is 17.8 Å². The van der Waals surface area contributed by atoms with Gasteiger partial charge in [0.15, 0.2) is 5.78 Å². The fourth-order valence-corrected chi connectivity index (χ4v) is 3.83. The summed E-state index contributed by atoms with van der Waals surface area (Å²) in [6, 6.07) is 8.25. The number of ketones is 1. The average Bonchev–Trinajstić information content (AvgIpc) is 2.62. The van der Waals surface area contributed by atoms with Gasteiger partial charge in [0.1, 0.15) is 5.75 Å². The molecule has 2 heterocycles. The predicted molar refractivity (Wildman–Crippen MR) is 94.7 cm³/mol. The van der Waals surface area contributed by atoms with Crippen LogP contribution in [-0.2, 0) is 4.74 Å². The number of rotatable bonds is 5. The molecule has 0 bridgehead atoms. The van der Waals surface area contributed by atoms with E-state index >= 15 is 0 Å². The van der Waals surface area contributed by atoms with Crippen LogP contribution in [0.5, 0.6) is 5.75 Å². The van der Waals surface area contributed by atoms with E-state index < -0.39 is 0 Å². The van der Waals surface area contributed by atoms with E-state index in [0.29, 0.717) is 6.04 Å². The topological polar surface area (TPSA) is 38.8 Å². The molecule has 3 rings (SSSR count). The molecule has 1 atom stereocenters. The molecule has 0 unspecified atom stereocenters. The zero-order chi connectivity index (χ0) is 16.9. The Kier molecular flexibility index (Phi) is 5.90. The molecule has 0 N–H and O–H groups in total. The summed E-state index contributed by atoms with van der Waals surface area (Å²) in [7, 11) is 0. The van der Waals surface area contributed by atoms with Gasteiger partial charge in [-0.1, -0.05) is 12.1 Å². The molecule has 1 aromatic rings. The summed E-state index contributed by atoms with van der Waals surface area (Å²) in [5.41, 5.74) is 0.784. The van der Waals surface area contributed by atoms with Gasteiger partial charge in [0.25, 0.3) is 0 Å². The van der Waals surface area contributed by atoms with E-state index in [1.807, 2.05) is 38.1 Å². The molecule has 132 valence electrons. The van der Waals surface area contributed by atoms with E-state index in [0.717, 1.165) is 63.3 Å². The number of carbonyl (C=O) groups excluding carboxylic acids is 1. The number of hydrogen-bond acceptors (Lipinski definition) is 4. The Morgan fingerprint density at radius 1 is 1.25 bits per heavy atom. The largest absolute Gasteiger partial charge is 0.491 e. The molecular weight excluding hydrogens is 302 g/mol. The third-order valence-electron chi connectivity index (χ3n) is 5.02. The monoisotopic (exact) mass is 331 g/mol. The summed E-state index contributed by atoms with van der Waals surface area (Å²) in [6.45, 7) is 7.72. The normalized spacial score (nSPS) is 23.4. The molecule has 2 fully saturated rings. The zero-order valence-electron chi connectivity index (χ0n) is 14.9. The summed E-state index contributed by atoms with van der Waals surface area (Å²) < 4.78 is 11.2. The first kappa shape index (κ1) is 17.4. The van der Waals surface area contributed by atoms with Crippen LogP contribution in [0.4, 0.5) is 0 Å². The lowest BCUT2D eigenvalue weighted by molar-refractivity contribution is 0.0183. The Hall–Kier alpha value is -1.39. The maximum atomic E-state index is 13.0. The quantitative estimate of drug-likeness (QED) is 0.774. The highest BCUT2D eigenvalue weighted by Crippen LogP contribution is 2.26. The van der Waals surface area contributed by atoms with Gasteiger partial charge in [-0.05, 0) is 58.2 Å². The van der Waals surface area contributed by atoms with Gasteiger partial charge < -0.3 is 9.47 Å². The smallest absolute Gasteiger partial charge is 0.167 e. The number of benzene rings is 1. The van der Waals surface area contributed by atoms with Crippen molar-refractivity contribution in [2.24, 2.45) is 5.92 Å². The summed E-state index contributed by atoms with van der Waals surface area (Å²) >= 11 is 0. The molecule has 0 radical (unpaired) electrons. The molecule has 0 spiro atoms. The van der Waals surface area contributed by atoms with Gasteiger partial charge in [0.05, 0.1) is 6.10 Å².